The van der Waals surface area contributed by atoms with E-state index in [1.165, 1.54) is 22.2 Å². The van der Waals surface area contributed by atoms with Gasteiger partial charge in [0, 0.05) is 0 Å². The molecule has 0 atom stereocenters. The van der Waals surface area contributed by atoms with Gasteiger partial charge in [0.25, 0.3) is 5.56 Å². The number of aromatic nitrogens is 2. The molecule has 1 amide bonds. The Hall–Kier alpha value is -2.67. The fraction of sp³-hybridized carbons (Fsp3) is 0.188. The molecule has 0 spiro atoms. The van der Waals surface area contributed by atoms with Crippen LogP contribution in [0, 0.1) is 0 Å². The largest absolute Gasteiger partial charge is 0.492 e. The number of hydrogen-bond donors (Lipinski definition) is 1. The van der Waals surface area contributed by atoms with Gasteiger partial charge in [-0.3, -0.25) is 14.2 Å². The van der Waals surface area contributed by atoms with Crippen molar-refractivity contribution in [3.05, 3.63) is 52.4 Å². The van der Waals surface area contributed by atoms with Crippen molar-refractivity contribution in [3.8, 4) is 5.75 Å². The van der Waals surface area contributed by atoms with Gasteiger partial charge in [-0.2, -0.15) is 0 Å². The minimum Gasteiger partial charge on any atom is -0.492 e. The summed E-state index contributed by atoms with van der Waals surface area (Å²) in [7, 11) is 0. The van der Waals surface area contributed by atoms with E-state index < -0.39 is 0 Å². The van der Waals surface area contributed by atoms with E-state index in [0.717, 1.165) is 0 Å². The average Bonchev–Trinajstić information content (AvgIpc) is 3.02. The normalized spacial score (nSPS) is 10.7. The molecule has 0 aliphatic heterocycles. The van der Waals surface area contributed by atoms with Crippen molar-refractivity contribution >= 4 is 33.1 Å². The third kappa shape index (κ3) is 3.24. The van der Waals surface area contributed by atoms with Crippen molar-refractivity contribution in [1.82, 2.24) is 9.55 Å². The molecule has 6 nitrogen and oxygen atoms in total. The Morgan fingerprint density at radius 1 is 1.35 bits per heavy atom. The maximum Gasteiger partial charge on any atom is 0.262 e. The highest BCUT2D eigenvalue weighted by Gasteiger charge is 2.11. The van der Waals surface area contributed by atoms with Crippen LogP contribution in [-0.4, -0.2) is 22.1 Å². The van der Waals surface area contributed by atoms with Crippen LogP contribution < -0.4 is 15.6 Å². The van der Waals surface area contributed by atoms with Gasteiger partial charge in [0.15, 0.2) is 0 Å². The Morgan fingerprint density at radius 2 is 2.17 bits per heavy atom. The molecule has 0 saturated heterocycles. The summed E-state index contributed by atoms with van der Waals surface area (Å²) in [5.74, 6) is 0.290. The monoisotopic (exact) mass is 329 g/mol. The molecule has 1 N–H and O–H groups in total. The van der Waals surface area contributed by atoms with Crippen LogP contribution in [0.1, 0.15) is 6.92 Å². The van der Waals surface area contributed by atoms with E-state index in [-0.39, 0.29) is 18.0 Å². The molecule has 23 heavy (non-hydrogen) atoms. The number of benzene rings is 1. The lowest BCUT2D eigenvalue weighted by molar-refractivity contribution is -0.116. The van der Waals surface area contributed by atoms with Gasteiger partial charge in [0.05, 0.1) is 24.0 Å². The lowest BCUT2D eigenvalue weighted by Gasteiger charge is -2.11. The van der Waals surface area contributed by atoms with E-state index >= 15 is 0 Å². The van der Waals surface area contributed by atoms with Gasteiger partial charge in [-0.05, 0) is 30.5 Å². The summed E-state index contributed by atoms with van der Waals surface area (Å²) < 4.78 is 6.76. The summed E-state index contributed by atoms with van der Waals surface area (Å²) in [6, 6.07) is 8.90. The summed E-state index contributed by atoms with van der Waals surface area (Å²) in [5, 5.41) is 5.10. The number of anilines is 1. The van der Waals surface area contributed by atoms with Gasteiger partial charge in [0.2, 0.25) is 5.91 Å². The molecule has 0 aliphatic carbocycles. The average molecular weight is 329 g/mol. The van der Waals surface area contributed by atoms with Crippen molar-refractivity contribution < 1.29 is 9.53 Å². The number of thiophene rings is 1. The van der Waals surface area contributed by atoms with Crippen LogP contribution in [0.15, 0.2) is 46.8 Å². The quantitative estimate of drug-likeness (QED) is 0.780. The summed E-state index contributed by atoms with van der Waals surface area (Å²) in [6.45, 7) is 2.28. The van der Waals surface area contributed by atoms with Crippen LogP contribution >= 0.6 is 11.3 Å². The number of hydrogen-bond acceptors (Lipinski definition) is 5. The zero-order chi connectivity index (χ0) is 16.2. The molecule has 2 aromatic heterocycles. The molecule has 2 heterocycles. The van der Waals surface area contributed by atoms with Crippen LogP contribution in [0.3, 0.4) is 0 Å². The van der Waals surface area contributed by atoms with Gasteiger partial charge in [-0.25, -0.2) is 4.98 Å². The predicted octanol–water partition coefficient (Wildman–Crippen LogP) is 2.50. The predicted molar refractivity (Wildman–Crippen MR) is 90.1 cm³/mol. The second-order valence-electron chi connectivity index (χ2n) is 4.79. The summed E-state index contributed by atoms with van der Waals surface area (Å²) in [5.41, 5.74) is 0.362. The van der Waals surface area contributed by atoms with Crippen molar-refractivity contribution in [2.45, 2.75) is 13.5 Å². The molecule has 0 fully saturated rings. The smallest absolute Gasteiger partial charge is 0.262 e. The zero-order valence-electron chi connectivity index (χ0n) is 12.5. The summed E-state index contributed by atoms with van der Waals surface area (Å²) in [6.07, 6.45) is 1.40. The minimum atomic E-state index is -0.310. The Kier molecular flexibility index (Phi) is 4.38. The molecular formula is C16H15N3O3S. The van der Waals surface area contributed by atoms with Crippen LogP contribution in [-0.2, 0) is 11.3 Å². The zero-order valence-corrected chi connectivity index (χ0v) is 13.3. The van der Waals surface area contributed by atoms with E-state index in [2.05, 4.69) is 10.3 Å². The van der Waals surface area contributed by atoms with E-state index in [1.54, 1.807) is 18.2 Å². The number of ether oxygens (including phenoxy) is 1. The molecule has 7 heteroatoms. The lowest BCUT2D eigenvalue weighted by atomic mass is 10.3. The number of para-hydroxylation sites is 2. The Morgan fingerprint density at radius 3 is 3.00 bits per heavy atom. The Bertz CT molecular complexity index is 901. The standard InChI is InChI=1S/C16H15N3O3S/c1-2-22-13-6-4-3-5-12(13)18-14(20)9-19-10-17-15-11(16(19)21)7-8-23-15/h3-8,10H,2,9H2,1H3,(H,18,20). The first-order valence-corrected chi connectivity index (χ1v) is 8.01. The highest BCUT2D eigenvalue weighted by molar-refractivity contribution is 7.16. The molecule has 0 unspecified atom stereocenters. The van der Waals surface area contributed by atoms with Gasteiger partial charge >= 0.3 is 0 Å². The Balaban J connectivity index is 1.79. The second-order valence-corrected chi connectivity index (χ2v) is 5.69. The van der Waals surface area contributed by atoms with E-state index in [9.17, 15) is 9.59 Å². The summed E-state index contributed by atoms with van der Waals surface area (Å²) in [4.78, 5) is 29.3. The third-order valence-electron chi connectivity index (χ3n) is 3.23. The van der Waals surface area contributed by atoms with Crippen LogP contribution in [0.25, 0.3) is 10.2 Å². The van der Waals surface area contributed by atoms with Crippen molar-refractivity contribution in [3.63, 3.8) is 0 Å². The number of nitrogens with zero attached hydrogens (tertiary/aromatic N) is 2. The highest BCUT2D eigenvalue weighted by atomic mass is 32.1. The van der Waals surface area contributed by atoms with Crippen LogP contribution in [0.5, 0.6) is 5.75 Å². The number of rotatable bonds is 5. The molecule has 0 saturated carbocycles. The number of carbonyl (C=O) groups excluding carboxylic acids is 1. The van der Waals surface area contributed by atoms with Crippen molar-refractivity contribution in [2.24, 2.45) is 0 Å². The highest BCUT2D eigenvalue weighted by Crippen LogP contribution is 2.23. The molecule has 118 valence electrons. The van der Waals surface area contributed by atoms with Crippen molar-refractivity contribution in [1.29, 1.82) is 0 Å². The maximum absolute atomic E-state index is 12.3. The lowest BCUT2D eigenvalue weighted by Crippen LogP contribution is -2.27. The minimum absolute atomic E-state index is 0.0991. The molecule has 0 bridgehead atoms. The van der Waals surface area contributed by atoms with E-state index in [4.69, 9.17) is 4.74 Å². The SMILES string of the molecule is CCOc1ccccc1NC(=O)Cn1cnc2sccc2c1=O. The fourth-order valence-electron chi connectivity index (χ4n) is 2.20. The summed E-state index contributed by atoms with van der Waals surface area (Å²) >= 11 is 1.40. The van der Waals surface area contributed by atoms with Gasteiger partial charge < -0.3 is 10.1 Å². The molecule has 0 aliphatic rings. The number of nitrogens with one attached hydrogen (secondary N) is 1. The number of amides is 1. The van der Waals surface area contributed by atoms with Crippen LogP contribution in [0.4, 0.5) is 5.69 Å². The maximum atomic E-state index is 12.3. The van der Waals surface area contributed by atoms with E-state index in [0.29, 0.717) is 28.3 Å². The van der Waals surface area contributed by atoms with Gasteiger partial charge in [-0.1, -0.05) is 12.1 Å². The first kappa shape index (κ1) is 15.2. The number of fused-ring (bicyclic) bond motifs is 1. The second kappa shape index (κ2) is 6.62. The van der Waals surface area contributed by atoms with E-state index in [1.807, 2.05) is 24.4 Å². The van der Waals surface area contributed by atoms with Gasteiger partial charge in [0.1, 0.15) is 17.1 Å². The number of carbonyl (C=O) groups is 1. The first-order chi connectivity index (χ1) is 11.2. The van der Waals surface area contributed by atoms with Crippen molar-refractivity contribution in [2.75, 3.05) is 11.9 Å². The fourth-order valence-corrected chi connectivity index (χ4v) is 2.92. The van der Waals surface area contributed by atoms with Crippen LogP contribution in [0.2, 0.25) is 0 Å². The molecule has 0 radical (unpaired) electrons. The third-order valence-corrected chi connectivity index (χ3v) is 4.05. The van der Waals surface area contributed by atoms with Gasteiger partial charge in [-0.15, -0.1) is 11.3 Å². The molecular weight excluding hydrogens is 314 g/mol. The Labute approximate surface area is 136 Å². The molecule has 1 aromatic carbocycles. The topological polar surface area (TPSA) is 73.2 Å². The first-order valence-electron chi connectivity index (χ1n) is 7.13. The molecule has 3 rings (SSSR count). The molecule has 3 aromatic rings.